The van der Waals surface area contributed by atoms with Gasteiger partial charge in [-0.3, -0.25) is 9.59 Å². The molecule has 0 unspecified atom stereocenters. The minimum Gasteiger partial charge on any atom is -0.368 e. The predicted molar refractivity (Wildman–Crippen MR) is 92.5 cm³/mol. The van der Waals surface area contributed by atoms with Gasteiger partial charge in [-0.05, 0) is 47.6 Å². The number of primary amides is 1. The number of fused-ring (bicyclic) bond motifs is 1. The quantitative estimate of drug-likeness (QED) is 0.933. The van der Waals surface area contributed by atoms with Crippen LogP contribution in [0, 0.1) is 11.8 Å². The van der Waals surface area contributed by atoms with Gasteiger partial charge >= 0.3 is 0 Å². The third-order valence-electron chi connectivity index (χ3n) is 5.00. The lowest BCUT2D eigenvalue weighted by Gasteiger charge is -2.26. The topological polar surface area (TPSA) is 63.4 Å². The summed E-state index contributed by atoms with van der Waals surface area (Å²) < 4.78 is 0. The number of nitrogens with zero attached hydrogens (tertiary/aromatic N) is 1. The van der Waals surface area contributed by atoms with Gasteiger partial charge in [0.2, 0.25) is 5.91 Å². The normalized spacial score (nSPS) is 24.5. The van der Waals surface area contributed by atoms with Crippen molar-refractivity contribution in [3.63, 3.8) is 0 Å². The summed E-state index contributed by atoms with van der Waals surface area (Å²) in [6.07, 6.45) is 0.993. The van der Waals surface area contributed by atoms with E-state index in [2.05, 4.69) is 0 Å². The minimum atomic E-state index is -0.477. The molecule has 0 spiro atoms. The monoisotopic (exact) mass is 340 g/mol. The van der Waals surface area contributed by atoms with Crippen LogP contribution in [0.2, 0.25) is 5.02 Å². The second kappa shape index (κ2) is 5.64. The lowest BCUT2D eigenvalue weighted by Crippen LogP contribution is -2.46. The van der Waals surface area contributed by atoms with Gasteiger partial charge in [-0.2, -0.15) is 0 Å². The summed E-state index contributed by atoms with van der Waals surface area (Å²) in [5.74, 6) is 0.115. The molecular formula is C19H17ClN2O2. The van der Waals surface area contributed by atoms with Gasteiger partial charge in [0, 0.05) is 17.1 Å². The molecule has 1 saturated carbocycles. The largest absolute Gasteiger partial charge is 0.368 e. The summed E-state index contributed by atoms with van der Waals surface area (Å²) in [7, 11) is 0. The van der Waals surface area contributed by atoms with Crippen molar-refractivity contribution in [2.24, 2.45) is 17.6 Å². The van der Waals surface area contributed by atoms with Gasteiger partial charge in [-0.1, -0.05) is 41.9 Å². The van der Waals surface area contributed by atoms with Gasteiger partial charge in [0.15, 0.2) is 0 Å². The summed E-state index contributed by atoms with van der Waals surface area (Å²) in [5, 5.41) is 0.618. The Bertz CT molecular complexity index is 836. The third-order valence-corrected chi connectivity index (χ3v) is 5.23. The number of likely N-dealkylation sites (tertiary alicyclic amines) is 1. The highest BCUT2D eigenvalue weighted by Gasteiger charge is 2.56. The van der Waals surface area contributed by atoms with E-state index in [1.165, 1.54) is 0 Å². The van der Waals surface area contributed by atoms with Crippen LogP contribution in [-0.4, -0.2) is 29.3 Å². The van der Waals surface area contributed by atoms with E-state index in [9.17, 15) is 9.59 Å². The maximum atomic E-state index is 13.1. The molecule has 1 aliphatic carbocycles. The van der Waals surface area contributed by atoms with Crippen LogP contribution >= 0.6 is 11.6 Å². The van der Waals surface area contributed by atoms with Crippen LogP contribution in [0.25, 0.3) is 11.1 Å². The second-order valence-electron chi connectivity index (χ2n) is 6.52. The lowest BCUT2D eigenvalue weighted by molar-refractivity contribution is -0.122. The lowest BCUT2D eigenvalue weighted by atomic mass is 9.98. The molecule has 2 aromatic rings. The van der Waals surface area contributed by atoms with Crippen LogP contribution in [-0.2, 0) is 4.79 Å². The number of rotatable bonds is 3. The van der Waals surface area contributed by atoms with Crippen LogP contribution < -0.4 is 5.73 Å². The molecule has 0 aromatic heterocycles. The van der Waals surface area contributed by atoms with E-state index in [1.807, 2.05) is 36.4 Å². The fourth-order valence-electron chi connectivity index (χ4n) is 3.77. The molecule has 2 fully saturated rings. The minimum absolute atomic E-state index is 0.137. The second-order valence-corrected chi connectivity index (χ2v) is 6.96. The molecule has 0 radical (unpaired) electrons. The van der Waals surface area contributed by atoms with Crippen molar-refractivity contribution in [2.75, 3.05) is 6.54 Å². The fourth-order valence-corrected chi connectivity index (χ4v) is 3.96. The van der Waals surface area contributed by atoms with Gasteiger partial charge < -0.3 is 10.6 Å². The molecule has 3 atom stereocenters. The Balaban J connectivity index is 1.72. The van der Waals surface area contributed by atoms with Crippen molar-refractivity contribution in [1.82, 2.24) is 4.90 Å². The first kappa shape index (κ1) is 15.2. The molecule has 4 rings (SSSR count). The number of nitrogens with two attached hydrogens (primary N) is 1. The molecule has 2 aliphatic rings. The first-order valence-electron chi connectivity index (χ1n) is 8.01. The van der Waals surface area contributed by atoms with E-state index < -0.39 is 11.9 Å². The van der Waals surface area contributed by atoms with Gasteiger partial charge in [-0.15, -0.1) is 0 Å². The molecule has 5 heteroatoms. The molecule has 1 heterocycles. The van der Waals surface area contributed by atoms with E-state index in [-0.39, 0.29) is 11.8 Å². The van der Waals surface area contributed by atoms with Crippen molar-refractivity contribution in [1.29, 1.82) is 0 Å². The number of piperidine rings is 1. The molecule has 2 N–H and O–H groups in total. The number of carbonyl (C=O) groups excluding carboxylic acids is 2. The maximum absolute atomic E-state index is 13.1. The number of hydrogen-bond donors (Lipinski definition) is 1. The van der Waals surface area contributed by atoms with Crippen molar-refractivity contribution in [3.05, 3.63) is 59.1 Å². The molecule has 0 bridgehead atoms. The standard InChI is InChI=1S/C19H17ClN2O2/c20-13-5-3-4-11(8-13)14-6-1-2-7-15(14)19(24)22-10-12-9-16(12)17(22)18(21)23/h1-8,12,16-17H,9-10H2,(H2,21,23)/t12-,16-,17-/m0/s1. The molecule has 2 amide bonds. The zero-order valence-electron chi connectivity index (χ0n) is 13.0. The molecule has 24 heavy (non-hydrogen) atoms. The average molecular weight is 341 g/mol. The first-order valence-corrected chi connectivity index (χ1v) is 8.39. The van der Waals surface area contributed by atoms with Crippen LogP contribution in [0.1, 0.15) is 16.8 Å². The highest BCUT2D eigenvalue weighted by Crippen LogP contribution is 2.50. The highest BCUT2D eigenvalue weighted by atomic mass is 35.5. The fraction of sp³-hybridized carbons (Fsp3) is 0.263. The molecule has 1 saturated heterocycles. The van der Waals surface area contributed by atoms with Crippen molar-refractivity contribution in [3.8, 4) is 11.1 Å². The van der Waals surface area contributed by atoms with E-state index in [0.29, 0.717) is 23.0 Å². The Labute approximate surface area is 145 Å². The third kappa shape index (κ3) is 2.47. The SMILES string of the molecule is NC(=O)[C@@H]1[C@H]2C[C@H]2CN1C(=O)c1ccccc1-c1cccc(Cl)c1. The van der Waals surface area contributed by atoms with E-state index >= 15 is 0 Å². The number of halogens is 1. The summed E-state index contributed by atoms with van der Waals surface area (Å²) in [6.45, 7) is 0.612. The van der Waals surface area contributed by atoms with Gasteiger partial charge in [-0.25, -0.2) is 0 Å². The Morgan fingerprint density at radius 1 is 1.12 bits per heavy atom. The number of amides is 2. The zero-order chi connectivity index (χ0) is 16.8. The first-order chi connectivity index (χ1) is 11.6. The number of carbonyl (C=O) groups is 2. The Morgan fingerprint density at radius 3 is 2.67 bits per heavy atom. The Kier molecular flexibility index (Phi) is 3.57. The Morgan fingerprint density at radius 2 is 1.92 bits per heavy atom. The van der Waals surface area contributed by atoms with Crippen molar-refractivity contribution in [2.45, 2.75) is 12.5 Å². The summed E-state index contributed by atoms with van der Waals surface area (Å²) in [5.41, 5.74) is 7.81. The van der Waals surface area contributed by atoms with Gasteiger partial charge in [0.1, 0.15) is 6.04 Å². The zero-order valence-corrected chi connectivity index (χ0v) is 13.7. The molecule has 2 aromatic carbocycles. The number of hydrogen-bond acceptors (Lipinski definition) is 2. The van der Waals surface area contributed by atoms with Crippen molar-refractivity contribution >= 4 is 23.4 Å². The van der Waals surface area contributed by atoms with Gasteiger partial charge in [0.25, 0.3) is 5.91 Å². The Hall–Kier alpha value is -2.33. The number of benzene rings is 2. The highest BCUT2D eigenvalue weighted by molar-refractivity contribution is 6.30. The van der Waals surface area contributed by atoms with E-state index in [0.717, 1.165) is 17.5 Å². The average Bonchev–Trinajstić information content (AvgIpc) is 3.23. The maximum Gasteiger partial charge on any atom is 0.255 e. The van der Waals surface area contributed by atoms with Crippen LogP contribution in [0.3, 0.4) is 0 Å². The summed E-state index contributed by atoms with van der Waals surface area (Å²) >= 11 is 6.09. The van der Waals surface area contributed by atoms with E-state index in [4.69, 9.17) is 17.3 Å². The molecule has 122 valence electrons. The molecule has 1 aliphatic heterocycles. The van der Waals surface area contributed by atoms with Crippen LogP contribution in [0.15, 0.2) is 48.5 Å². The van der Waals surface area contributed by atoms with Crippen LogP contribution in [0.4, 0.5) is 0 Å². The predicted octanol–water partition coefficient (Wildman–Crippen LogP) is 2.95. The molecular weight excluding hydrogens is 324 g/mol. The summed E-state index contributed by atoms with van der Waals surface area (Å²) in [6, 6.07) is 14.3. The smallest absolute Gasteiger partial charge is 0.255 e. The molecule has 4 nitrogen and oxygen atoms in total. The van der Waals surface area contributed by atoms with Crippen LogP contribution in [0.5, 0.6) is 0 Å². The van der Waals surface area contributed by atoms with Crippen molar-refractivity contribution < 1.29 is 9.59 Å². The van der Waals surface area contributed by atoms with Gasteiger partial charge in [0.05, 0.1) is 0 Å². The summed E-state index contributed by atoms with van der Waals surface area (Å²) in [4.78, 5) is 26.5. The van der Waals surface area contributed by atoms with E-state index in [1.54, 1.807) is 17.0 Å².